The van der Waals surface area contributed by atoms with Gasteiger partial charge in [0.25, 0.3) is 0 Å². The van der Waals surface area contributed by atoms with Gasteiger partial charge in [-0.05, 0) is 25.1 Å². The lowest BCUT2D eigenvalue weighted by Crippen LogP contribution is -2.02. The molecule has 90 valence electrons. The summed E-state index contributed by atoms with van der Waals surface area (Å²) in [4.78, 5) is 7.97. The first-order valence-electron chi connectivity index (χ1n) is 5.15. The van der Waals surface area contributed by atoms with Crippen molar-refractivity contribution < 1.29 is 0 Å². The van der Waals surface area contributed by atoms with Crippen molar-refractivity contribution in [3.8, 4) is 6.07 Å². The maximum atomic E-state index is 8.76. The molecule has 6 heteroatoms. The van der Waals surface area contributed by atoms with Gasteiger partial charge >= 0.3 is 0 Å². The van der Waals surface area contributed by atoms with Gasteiger partial charge in [-0.1, -0.05) is 11.6 Å². The van der Waals surface area contributed by atoms with E-state index in [2.05, 4.69) is 15.3 Å². The molecule has 0 aliphatic carbocycles. The van der Waals surface area contributed by atoms with Gasteiger partial charge in [-0.2, -0.15) is 5.26 Å². The molecule has 0 radical (unpaired) electrons. The molecule has 0 bridgehead atoms. The van der Waals surface area contributed by atoms with Crippen molar-refractivity contribution in [3.63, 3.8) is 0 Å². The van der Waals surface area contributed by atoms with E-state index in [0.717, 1.165) is 5.56 Å². The zero-order valence-electron chi connectivity index (χ0n) is 9.61. The van der Waals surface area contributed by atoms with Crippen LogP contribution in [-0.2, 0) is 0 Å². The van der Waals surface area contributed by atoms with Crippen LogP contribution in [0.25, 0.3) is 0 Å². The Bertz CT molecular complexity index is 633. The molecule has 1 heterocycles. The number of benzene rings is 1. The molecule has 5 nitrogen and oxygen atoms in total. The number of hydrogen-bond donors (Lipinski definition) is 2. The Hall–Kier alpha value is -2.32. The Morgan fingerprint density at radius 2 is 2.17 bits per heavy atom. The first-order valence-corrected chi connectivity index (χ1v) is 5.53. The van der Waals surface area contributed by atoms with Crippen LogP contribution in [0.1, 0.15) is 11.1 Å². The summed E-state index contributed by atoms with van der Waals surface area (Å²) in [7, 11) is 0. The number of nitrogens with two attached hydrogens (primary N) is 1. The summed E-state index contributed by atoms with van der Waals surface area (Å²) in [5.41, 5.74) is 7.61. The maximum absolute atomic E-state index is 8.76. The highest BCUT2D eigenvalue weighted by Gasteiger charge is 2.07. The quantitative estimate of drug-likeness (QED) is 0.866. The number of aromatic nitrogens is 2. The molecule has 0 aliphatic heterocycles. The first kappa shape index (κ1) is 12.1. The molecule has 0 saturated heterocycles. The van der Waals surface area contributed by atoms with Gasteiger partial charge in [0.15, 0.2) is 0 Å². The molecule has 0 amide bonds. The Kier molecular flexibility index (Phi) is 3.31. The van der Waals surface area contributed by atoms with Gasteiger partial charge in [0, 0.05) is 5.56 Å². The average Bonchev–Trinajstić information content (AvgIpc) is 2.37. The molecular weight excluding hydrogens is 250 g/mol. The molecule has 2 rings (SSSR count). The summed E-state index contributed by atoms with van der Waals surface area (Å²) in [5.74, 6) is 1.01. The molecule has 18 heavy (non-hydrogen) atoms. The second-order valence-corrected chi connectivity index (χ2v) is 4.07. The fourth-order valence-corrected chi connectivity index (χ4v) is 1.63. The summed E-state index contributed by atoms with van der Waals surface area (Å²) >= 11 is 6.06. The molecule has 3 N–H and O–H groups in total. The van der Waals surface area contributed by atoms with Crippen molar-refractivity contribution in [3.05, 3.63) is 40.7 Å². The van der Waals surface area contributed by atoms with E-state index < -0.39 is 0 Å². The minimum Gasteiger partial charge on any atom is -0.383 e. The van der Waals surface area contributed by atoms with Crippen molar-refractivity contribution in [2.75, 3.05) is 11.1 Å². The van der Waals surface area contributed by atoms with Gasteiger partial charge in [-0.15, -0.1) is 0 Å². The SMILES string of the molecule is Cc1c(N)ncnc1Nc1ccc(C#N)cc1Cl. The number of hydrogen-bond acceptors (Lipinski definition) is 5. The summed E-state index contributed by atoms with van der Waals surface area (Å²) in [6.45, 7) is 1.81. The lowest BCUT2D eigenvalue weighted by atomic mass is 10.2. The van der Waals surface area contributed by atoms with Crippen molar-refractivity contribution in [1.82, 2.24) is 9.97 Å². The van der Waals surface area contributed by atoms with Crippen LogP contribution in [0.2, 0.25) is 5.02 Å². The number of nitrogens with one attached hydrogen (secondary N) is 1. The largest absolute Gasteiger partial charge is 0.383 e. The third kappa shape index (κ3) is 2.34. The van der Waals surface area contributed by atoms with Gasteiger partial charge < -0.3 is 11.1 Å². The number of halogens is 1. The van der Waals surface area contributed by atoms with Crippen molar-refractivity contribution in [1.29, 1.82) is 5.26 Å². The van der Waals surface area contributed by atoms with Gasteiger partial charge in [0.2, 0.25) is 0 Å². The number of nitrogens with zero attached hydrogens (tertiary/aromatic N) is 3. The van der Waals surface area contributed by atoms with Crippen LogP contribution in [0.15, 0.2) is 24.5 Å². The van der Waals surface area contributed by atoms with Gasteiger partial charge in [0.1, 0.15) is 18.0 Å². The van der Waals surface area contributed by atoms with Crippen LogP contribution in [0.5, 0.6) is 0 Å². The van der Waals surface area contributed by atoms with E-state index in [0.29, 0.717) is 27.9 Å². The highest BCUT2D eigenvalue weighted by atomic mass is 35.5. The molecule has 0 fully saturated rings. The third-order valence-corrected chi connectivity index (χ3v) is 2.79. The average molecular weight is 260 g/mol. The molecule has 0 unspecified atom stereocenters. The molecular formula is C12H10ClN5. The van der Waals surface area contributed by atoms with E-state index in [1.807, 2.05) is 13.0 Å². The van der Waals surface area contributed by atoms with Gasteiger partial charge in [-0.3, -0.25) is 0 Å². The molecule has 1 aromatic heterocycles. The standard InChI is InChI=1S/C12H10ClN5/c1-7-11(15)16-6-17-12(7)18-10-3-2-8(5-14)4-9(10)13/h2-4,6H,1H3,(H3,15,16,17,18). The van der Waals surface area contributed by atoms with E-state index in [1.54, 1.807) is 18.2 Å². The Labute approximate surface area is 109 Å². The topological polar surface area (TPSA) is 87.6 Å². The fraction of sp³-hybridized carbons (Fsp3) is 0.0833. The minimum absolute atomic E-state index is 0.414. The number of rotatable bonds is 2. The van der Waals surface area contributed by atoms with Crippen LogP contribution in [0, 0.1) is 18.3 Å². The second kappa shape index (κ2) is 4.90. The predicted octanol–water partition coefficient (Wildman–Crippen LogP) is 2.64. The van der Waals surface area contributed by atoms with E-state index >= 15 is 0 Å². The number of nitriles is 1. The van der Waals surface area contributed by atoms with Gasteiger partial charge in [0.05, 0.1) is 22.3 Å². The fourth-order valence-electron chi connectivity index (χ4n) is 1.40. The summed E-state index contributed by atoms with van der Waals surface area (Å²) in [6.07, 6.45) is 1.38. The van der Waals surface area contributed by atoms with Crippen LogP contribution < -0.4 is 11.1 Å². The normalized spacial score (nSPS) is 9.83. The van der Waals surface area contributed by atoms with E-state index in [4.69, 9.17) is 22.6 Å². The highest BCUT2D eigenvalue weighted by Crippen LogP contribution is 2.27. The number of anilines is 3. The zero-order chi connectivity index (χ0) is 13.1. The van der Waals surface area contributed by atoms with E-state index in [9.17, 15) is 0 Å². The van der Waals surface area contributed by atoms with Crippen LogP contribution in [0.3, 0.4) is 0 Å². The smallest absolute Gasteiger partial charge is 0.138 e. The van der Waals surface area contributed by atoms with Crippen molar-refractivity contribution in [2.24, 2.45) is 0 Å². The lowest BCUT2D eigenvalue weighted by Gasteiger charge is -2.10. The minimum atomic E-state index is 0.414. The molecule has 2 aromatic rings. The van der Waals surface area contributed by atoms with Crippen molar-refractivity contribution in [2.45, 2.75) is 6.92 Å². The molecule has 0 atom stereocenters. The molecule has 0 aliphatic rings. The lowest BCUT2D eigenvalue weighted by molar-refractivity contribution is 1.14. The molecule has 0 spiro atoms. The highest BCUT2D eigenvalue weighted by molar-refractivity contribution is 6.33. The summed E-state index contributed by atoms with van der Waals surface area (Å²) in [6, 6.07) is 7.00. The van der Waals surface area contributed by atoms with Gasteiger partial charge in [-0.25, -0.2) is 9.97 Å². The zero-order valence-corrected chi connectivity index (χ0v) is 10.4. The summed E-state index contributed by atoms with van der Waals surface area (Å²) < 4.78 is 0. The molecule has 0 saturated carbocycles. The van der Waals surface area contributed by atoms with E-state index in [-0.39, 0.29) is 0 Å². The first-order chi connectivity index (χ1) is 8.61. The Morgan fingerprint density at radius 3 is 2.83 bits per heavy atom. The number of nitrogen functional groups attached to an aromatic ring is 1. The monoisotopic (exact) mass is 259 g/mol. The Morgan fingerprint density at radius 1 is 1.39 bits per heavy atom. The Balaban J connectivity index is 2.35. The third-order valence-electron chi connectivity index (χ3n) is 2.47. The maximum Gasteiger partial charge on any atom is 0.138 e. The second-order valence-electron chi connectivity index (χ2n) is 3.66. The predicted molar refractivity (Wildman–Crippen MR) is 70.6 cm³/mol. The summed E-state index contributed by atoms with van der Waals surface area (Å²) in [5, 5.41) is 12.3. The molecule has 1 aromatic carbocycles. The van der Waals surface area contributed by atoms with Crippen LogP contribution in [0.4, 0.5) is 17.3 Å². The van der Waals surface area contributed by atoms with Crippen LogP contribution in [-0.4, -0.2) is 9.97 Å². The van der Waals surface area contributed by atoms with Crippen LogP contribution >= 0.6 is 11.6 Å². The van der Waals surface area contributed by atoms with Crippen molar-refractivity contribution >= 4 is 28.9 Å². The van der Waals surface area contributed by atoms with E-state index in [1.165, 1.54) is 6.33 Å².